The predicted octanol–water partition coefficient (Wildman–Crippen LogP) is 2.07. The quantitative estimate of drug-likeness (QED) is 0.723. The fraction of sp³-hybridized carbons (Fsp3) is 1.00. The van der Waals surface area contributed by atoms with E-state index >= 15 is 0 Å². The van der Waals surface area contributed by atoms with Crippen LogP contribution in [-0.4, -0.2) is 23.3 Å². The molecule has 2 aliphatic carbocycles. The van der Waals surface area contributed by atoms with Gasteiger partial charge in [-0.1, -0.05) is 13.3 Å². The summed E-state index contributed by atoms with van der Waals surface area (Å²) in [5.41, 5.74) is -0.381. The average molecular weight is 197 g/mol. The first-order valence-electron chi connectivity index (χ1n) is 6.17. The van der Waals surface area contributed by atoms with Crippen LogP contribution in [0.4, 0.5) is 0 Å². The van der Waals surface area contributed by atoms with E-state index in [1.165, 1.54) is 32.1 Å². The molecule has 14 heavy (non-hydrogen) atoms. The number of hydrogen-bond donors (Lipinski definition) is 2. The lowest BCUT2D eigenvalue weighted by atomic mass is 9.78. The highest BCUT2D eigenvalue weighted by molar-refractivity contribution is 4.90. The van der Waals surface area contributed by atoms with Crippen LogP contribution in [0.15, 0.2) is 0 Å². The van der Waals surface area contributed by atoms with E-state index in [4.69, 9.17) is 0 Å². The molecule has 0 aromatic heterocycles. The Kier molecular flexibility index (Phi) is 3.13. The van der Waals surface area contributed by atoms with Gasteiger partial charge >= 0.3 is 0 Å². The van der Waals surface area contributed by atoms with Crippen molar-refractivity contribution in [3.63, 3.8) is 0 Å². The van der Waals surface area contributed by atoms with Gasteiger partial charge < -0.3 is 10.4 Å². The van der Waals surface area contributed by atoms with Crippen LogP contribution in [0.2, 0.25) is 0 Å². The van der Waals surface area contributed by atoms with E-state index in [1.54, 1.807) is 0 Å². The van der Waals surface area contributed by atoms with Gasteiger partial charge in [-0.25, -0.2) is 0 Å². The molecule has 2 N–H and O–H groups in total. The maximum absolute atomic E-state index is 10.3. The van der Waals surface area contributed by atoms with Gasteiger partial charge in [0.05, 0.1) is 5.60 Å². The van der Waals surface area contributed by atoms with Crippen LogP contribution in [0.1, 0.15) is 51.9 Å². The zero-order valence-electron chi connectivity index (χ0n) is 9.26. The Bertz CT molecular complexity index is 181. The second kappa shape index (κ2) is 4.19. The van der Waals surface area contributed by atoms with Crippen LogP contribution < -0.4 is 5.32 Å². The van der Waals surface area contributed by atoms with E-state index in [0.717, 1.165) is 31.3 Å². The topological polar surface area (TPSA) is 32.3 Å². The lowest BCUT2D eigenvalue weighted by Gasteiger charge is -2.36. The van der Waals surface area contributed by atoms with Crippen LogP contribution in [0.5, 0.6) is 0 Å². The van der Waals surface area contributed by atoms with Gasteiger partial charge in [0.1, 0.15) is 0 Å². The molecule has 0 spiro atoms. The Morgan fingerprint density at radius 1 is 1.21 bits per heavy atom. The van der Waals surface area contributed by atoms with Gasteiger partial charge in [0.2, 0.25) is 0 Å². The summed E-state index contributed by atoms with van der Waals surface area (Å²) in [5, 5.41) is 13.7. The molecule has 2 heteroatoms. The standard InChI is InChI=1S/C12H23NO/c1-2-10-5-7-12(14,8-6-10)9-13-11-3-4-11/h10-11,13-14H,2-9H2,1H3. The molecule has 82 valence electrons. The van der Waals surface area contributed by atoms with E-state index < -0.39 is 0 Å². The second-order valence-corrected chi connectivity index (χ2v) is 5.23. The predicted molar refractivity (Wildman–Crippen MR) is 58.2 cm³/mol. The summed E-state index contributed by atoms with van der Waals surface area (Å²) in [5.74, 6) is 0.871. The molecule has 0 heterocycles. The first-order valence-corrected chi connectivity index (χ1v) is 6.17. The molecule has 0 atom stereocenters. The maximum atomic E-state index is 10.3. The van der Waals surface area contributed by atoms with Crippen LogP contribution in [-0.2, 0) is 0 Å². The summed E-state index contributed by atoms with van der Waals surface area (Å²) >= 11 is 0. The Morgan fingerprint density at radius 2 is 1.86 bits per heavy atom. The van der Waals surface area contributed by atoms with Crippen molar-refractivity contribution < 1.29 is 5.11 Å². The van der Waals surface area contributed by atoms with Crippen LogP contribution in [0, 0.1) is 5.92 Å². The van der Waals surface area contributed by atoms with Gasteiger partial charge in [-0.15, -0.1) is 0 Å². The Labute approximate surface area is 87.1 Å². The maximum Gasteiger partial charge on any atom is 0.0771 e. The molecule has 0 saturated heterocycles. The molecule has 2 rings (SSSR count). The summed E-state index contributed by atoms with van der Waals surface area (Å²) in [4.78, 5) is 0. The number of hydrogen-bond acceptors (Lipinski definition) is 2. The minimum Gasteiger partial charge on any atom is -0.389 e. The Hall–Kier alpha value is -0.0800. The lowest BCUT2D eigenvalue weighted by Crippen LogP contribution is -2.44. The number of aliphatic hydroxyl groups is 1. The normalized spacial score (nSPS) is 38.6. The van der Waals surface area contributed by atoms with Crippen molar-refractivity contribution in [3.05, 3.63) is 0 Å². The molecule has 2 nitrogen and oxygen atoms in total. The third-order valence-corrected chi connectivity index (χ3v) is 3.91. The molecule has 0 unspecified atom stereocenters. The zero-order chi connectivity index (χ0) is 10.0. The molecular formula is C12H23NO. The molecule has 2 saturated carbocycles. The van der Waals surface area contributed by atoms with E-state index in [2.05, 4.69) is 12.2 Å². The van der Waals surface area contributed by atoms with Crippen molar-refractivity contribution in [2.75, 3.05) is 6.54 Å². The van der Waals surface area contributed by atoms with E-state index in [-0.39, 0.29) is 5.60 Å². The Morgan fingerprint density at radius 3 is 2.36 bits per heavy atom. The van der Waals surface area contributed by atoms with Crippen LogP contribution >= 0.6 is 0 Å². The smallest absolute Gasteiger partial charge is 0.0771 e. The highest BCUT2D eigenvalue weighted by atomic mass is 16.3. The van der Waals surface area contributed by atoms with Crippen molar-refractivity contribution in [1.29, 1.82) is 0 Å². The fourth-order valence-electron chi connectivity index (χ4n) is 2.42. The highest BCUT2D eigenvalue weighted by Crippen LogP contribution is 2.33. The van der Waals surface area contributed by atoms with Gasteiger partial charge in [-0.3, -0.25) is 0 Å². The summed E-state index contributed by atoms with van der Waals surface area (Å²) in [7, 11) is 0. The summed E-state index contributed by atoms with van der Waals surface area (Å²) in [6.07, 6.45) is 8.36. The van der Waals surface area contributed by atoms with Crippen molar-refractivity contribution in [1.82, 2.24) is 5.32 Å². The average Bonchev–Trinajstić information content (AvgIpc) is 3.00. The first-order chi connectivity index (χ1) is 6.72. The lowest BCUT2D eigenvalue weighted by molar-refractivity contribution is -0.00884. The number of nitrogens with one attached hydrogen (secondary N) is 1. The SMILES string of the molecule is CCC1CCC(O)(CNC2CC2)CC1. The van der Waals surface area contributed by atoms with E-state index in [1.807, 2.05) is 0 Å². The van der Waals surface area contributed by atoms with Crippen molar-refractivity contribution in [2.24, 2.45) is 5.92 Å². The molecule has 0 bridgehead atoms. The van der Waals surface area contributed by atoms with Gasteiger partial charge in [-0.05, 0) is 44.4 Å². The van der Waals surface area contributed by atoms with Gasteiger partial charge in [0.25, 0.3) is 0 Å². The third kappa shape index (κ3) is 2.71. The molecule has 2 aliphatic rings. The molecule has 0 aliphatic heterocycles. The van der Waals surface area contributed by atoms with Crippen molar-refractivity contribution >= 4 is 0 Å². The molecule has 0 aromatic rings. The summed E-state index contributed by atoms with van der Waals surface area (Å²) < 4.78 is 0. The minimum atomic E-state index is -0.381. The van der Waals surface area contributed by atoms with Crippen molar-refractivity contribution in [2.45, 2.75) is 63.5 Å². The molecule has 2 fully saturated rings. The molecular weight excluding hydrogens is 174 g/mol. The van der Waals surface area contributed by atoms with Crippen LogP contribution in [0.25, 0.3) is 0 Å². The third-order valence-electron chi connectivity index (χ3n) is 3.91. The van der Waals surface area contributed by atoms with Crippen molar-refractivity contribution in [3.8, 4) is 0 Å². The van der Waals surface area contributed by atoms with Gasteiger partial charge in [0.15, 0.2) is 0 Å². The van der Waals surface area contributed by atoms with E-state index in [0.29, 0.717) is 0 Å². The summed E-state index contributed by atoms with van der Waals surface area (Å²) in [6, 6.07) is 0.725. The zero-order valence-corrected chi connectivity index (χ0v) is 9.26. The summed E-state index contributed by atoms with van der Waals surface area (Å²) in [6.45, 7) is 3.09. The Balaban J connectivity index is 1.72. The minimum absolute atomic E-state index is 0.381. The van der Waals surface area contributed by atoms with E-state index in [9.17, 15) is 5.11 Å². The second-order valence-electron chi connectivity index (χ2n) is 5.23. The molecule has 0 radical (unpaired) electrons. The number of rotatable bonds is 4. The van der Waals surface area contributed by atoms with Gasteiger partial charge in [0, 0.05) is 12.6 Å². The van der Waals surface area contributed by atoms with Gasteiger partial charge in [-0.2, -0.15) is 0 Å². The van der Waals surface area contributed by atoms with Crippen LogP contribution in [0.3, 0.4) is 0 Å². The fourth-order valence-corrected chi connectivity index (χ4v) is 2.42. The largest absolute Gasteiger partial charge is 0.389 e. The highest BCUT2D eigenvalue weighted by Gasteiger charge is 2.34. The molecule has 0 aromatic carbocycles. The first kappa shape index (κ1) is 10.4. The monoisotopic (exact) mass is 197 g/mol. The molecule has 0 amide bonds.